The summed E-state index contributed by atoms with van der Waals surface area (Å²) < 4.78 is 5.49. The van der Waals surface area contributed by atoms with Gasteiger partial charge in [-0.3, -0.25) is 0 Å². The third kappa shape index (κ3) is 1.31. The van der Waals surface area contributed by atoms with E-state index >= 15 is 0 Å². The Morgan fingerprint density at radius 2 is 2.33 bits per heavy atom. The number of hydrogen-bond donors (Lipinski definition) is 0. The lowest BCUT2D eigenvalue weighted by atomic mass is 10.0. The van der Waals surface area contributed by atoms with Crippen LogP contribution >= 0.6 is 0 Å². The van der Waals surface area contributed by atoms with Crippen LogP contribution in [0.3, 0.4) is 0 Å². The molecule has 0 saturated carbocycles. The smallest absolute Gasteiger partial charge is 0.122 e. The van der Waals surface area contributed by atoms with Crippen LogP contribution in [0.2, 0.25) is 0 Å². The van der Waals surface area contributed by atoms with E-state index in [1.807, 2.05) is 0 Å². The van der Waals surface area contributed by atoms with Gasteiger partial charge in [0.05, 0.1) is 6.61 Å². The molecule has 12 heavy (non-hydrogen) atoms. The second kappa shape index (κ2) is 3.18. The van der Waals surface area contributed by atoms with Crippen LogP contribution < -0.4 is 4.74 Å². The highest BCUT2D eigenvalue weighted by Gasteiger charge is 2.09. The van der Waals surface area contributed by atoms with Gasteiger partial charge in [-0.05, 0) is 36.5 Å². The van der Waals surface area contributed by atoms with E-state index in [9.17, 15) is 0 Å². The molecule has 1 heteroatoms. The normalized spacial score (nSPS) is 15.1. The minimum atomic E-state index is 0.832. The van der Waals surface area contributed by atoms with Crippen LogP contribution in [0, 0.1) is 6.42 Å². The van der Waals surface area contributed by atoms with E-state index in [1.165, 1.54) is 11.1 Å². The molecule has 0 bridgehead atoms. The molecule has 0 spiro atoms. The van der Waals surface area contributed by atoms with Gasteiger partial charge in [-0.15, -0.1) is 0 Å². The van der Waals surface area contributed by atoms with Gasteiger partial charge in [0, 0.05) is 0 Å². The zero-order valence-electron chi connectivity index (χ0n) is 7.34. The largest absolute Gasteiger partial charge is 0.493 e. The van der Waals surface area contributed by atoms with Crippen LogP contribution in [0.4, 0.5) is 0 Å². The Morgan fingerprint density at radius 3 is 3.17 bits per heavy atom. The van der Waals surface area contributed by atoms with Gasteiger partial charge in [0.15, 0.2) is 0 Å². The standard InChI is InChI=1S/C11H13O/c1-2-9-5-6-11-10(8-9)4-3-7-12-11/h4-6,8H,2-3,7H2,1H3. The zero-order chi connectivity index (χ0) is 8.39. The van der Waals surface area contributed by atoms with Crippen molar-refractivity contribution >= 4 is 0 Å². The van der Waals surface area contributed by atoms with Crippen molar-refractivity contribution in [3.8, 4) is 5.75 Å². The summed E-state index contributed by atoms with van der Waals surface area (Å²) in [7, 11) is 0. The lowest BCUT2D eigenvalue weighted by Crippen LogP contribution is -2.06. The number of rotatable bonds is 1. The van der Waals surface area contributed by atoms with Crippen molar-refractivity contribution in [2.24, 2.45) is 0 Å². The van der Waals surface area contributed by atoms with Gasteiger partial charge in [-0.25, -0.2) is 0 Å². The summed E-state index contributed by atoms with van der Waals surface area (Å²) in [5, 5.41) is 0. The number of fused-ring (bicyclic) bond motifs is 1. The van der Waals surface area contributed by atoms with Gasteiger partial charge in [0.1, 0.15) is 5.75 Å². The molecule has 0 fully saturated rings. The highest BCUT2D eigenvalue weighted by atomic mass is 16.5. The maximum Gasteiger partial charge on any atom is 0.122 e. The topological polar surface area (TPSA) is 9.23 Å². The van der Waals surface area contributed by atoms with E-state index < -0.39 is 0 Å². The second-order valence-electron chi connectivity index (χ2n) is 3.07. The lowest BCUT2D eigenvalue weighted by Gasteiger charge is -2.17. The van der Waals surface area contributed by atoms with Crippen molar-refractivity contribution in [3.63, 3.8) is 0 Å². The maximum absolute atomic E-state index is 5.49. The van der Waals surface area contributed by atoms with Crippen LogP contribution in [0.25, 0.3) is 0 Å². The third-order valence-corrected chi connectivity index (χ3v) is 2.22. The Labute approximate surface area is 73.4 Å². The molecule has 0 amide bonds. The highest BCUT2D eigenvalue weighted by Crippen LogP contribution is 2.26. The van der Waals surface area contributed by atoms with Crippen LogP contribution in [0.5, 0.6) is 5.75 Å². The van der Waals surface area contributed by atoms with Crippen LogP contribution in [-0.2, 0) is 6.42 Å². The minimum Gasteiger partial charge on any atom is -0.493 e. The minimum absolute atomic E-state index is 0.832. The predicted octanol–water partition coefficient (Wildman–Crippen LogP) is 2.58. The molecule has 63 valence electrons. The molecule has 0 N–H and O–H groups in total. The summed E-state index contributed by atoms with van der Waals surface area (Å²) in [5.41, 5.74) is 2.65. The van der Waals surface area contributed by atoms with E-state index in [0.717, 1.165) is 25.2 Å². The van der Waals surface area contributed by atoms with Crippen LogP contribution in [-0.4, -0.2) is 6.61 Å². The molecule has 1 nitrogen and oxygen atoms in total. The molecule has 1 aromatic carbocycles. The first-order chi connectivity index (χ1) is 5.90. The Balaban J connectivity index is 2.36. The van der Waals surface area contributed by atoms with Gasteiger partial charge in [0.25, 0.3) is 0 Å². The lowest BCUT2D eigenvalue weighted by molar-refractivity contribution is 0.306. The molecule has 0 saturated heterocycles. The van der Waals surface area contributed by atoms with Crippen molar-refractivity contribution in [2.45, 2.75) is 19.8 Å². The first-order valence-electron chi connectivity index (χ1n) is 4.49. The van der Waals surface area contributed by atoms with Crippen molar-refractivity contribution < 1.29 is 4.74 Å². The fourth-order valence-corrected chi connectivity index (χ4v) is 1.49. The summed E-state index contributed by atoms with van der Waals surface area (Å²) >= 11 is 0. The van der Waals surface area contributed by atoms with Crippen LogP contribution in [0.1, 0.15) is 24.5 Å². The molecular formula is C11H13O. The first-order valence-corrected chi connectivity index (χ1v) is 4.49. The molecule has 0 atom stereocenters. The molecule has 1 aliphatic rings. The van der Waals surface area contributed by atoms with Gasteiger partial charge < -0.3 is 4.74 Å². The van der Waals surface area contributed by atoms with E-state index in [-0.39, 0.29) is 0 Å². The van der Waals surface area contributed by atoms with Crippen molar-refractivity contribution in [2.75, 3.05) is 6.61 Å². The van der Waals surface area contributed by atoms with Crippen LogP contribution in [0.15, 0.2) is 18.2 Å². The quantitative estimate of drug-likeness (QED) is 0.615. The second-order valence-corrected chi connectivity index (χ2v) is 3.07. The average Bonchev–Trinajstić information content (AvgIpc) is 2.17. The summed E-state index contributed by atoms with van der Waals surface area (Å²) in [5.74, 6) is 1.04. The Bertz CT molecular complexity index is 278. The summed E-state index contributed by atoms with van der Waals surface area (Å²) in [4.78, 5) is 0. The molecule has 1 aromatic rings. The Hall–Kier alpha value is -0.980. The summed E-state index contributed by atoms with van der Waals surface area (Å²) in [6.45, 7) is 3.00. The molecule has 1 aliphatic heterocycles. The van der Waals surface area contributed by atoms with Crippen molar-refractivity contribution in [1.82, 2.24) is 0 Å². The fraction of sp³-hybridized carbons (Fsp3) is 0.364. The van der Waals surface area contributed by atoms with Crippen molar-refractivity contribution in [3.05, 3.63) is 35.7 Å². The summed E-state index contributed by atoms with van der Waals surface area (Å²) in [6.07, 6.45) is 4.39. The molecule has 1 radical (unpaired) electrons. The SMILES string of the molecule is CCc1ccc2c(c1)[CH]CCO2. The van der Waals surface area contributed by atoms with Gasteiger partial charge in [-0.1, -0.05) is 19.1 Å². The molecule has 0 aromatic heterocycles. The number of aryl methyl sites for hydroxylation is 1. The van der Waals surface area contributed by atoms with E-state index in [1.54, 1.807) is 0 Å². The van der Waals surface area contributed by atoms with E-state index in [2.05, 4.69) is 31.5 Å². The average molecular weight is 161 g/mol. The monoisotopic (exact) mass is 161 g/mol. The number of hydrogen-bond acceptors (Lipinski definition) is 1. The summed E-state index contributed by atoms with van der Waals surface area (Å²) in [6, 6.07) is 6.43. The van der Waals surface area contributed by atoms with E-state index in [0.29, 0.717) is 0 Å². The van der Waals surface area contributed by atoms with Gasteiger partial charge in [0.2, 0.25) is 0 Å². The first kappa shape index (κ1) is 7.66. The molecule has 0 unspecified atom stereocenters. The predicted molar refractivity (Wildman–Crippen MR) is 49.3 cm³/mol. The maximum atomic E-state index is 5.49. The molecule has 2 rings (SSSR count). The third-order valence-electron chi connectivity index (χ3n) is 2.22. The highest BCUT2D eigenvalue weighted by molar-refractivity contribution is 5.43. The van der Waals surface area contributed by atoms with Crippen molar-refractivity contribution in [1.29, 1.82) is 0 Å². The van der Waals surface area contributed by atoms with Gasteiger partial charge >= 0.3 is 0 Å². The fourth-order valence-electron chi connectivity index (χ4n) is 1.49. The Kier molecular flexibility index (Phi) is 2.03. The molecular weight excluding hydrogens is 148 g/mol. The molecule has 0 aliphatic carbocycles. The van der Waals surface area contributed by atoms with Gasteiger partial charge in [-0.2, -0.15) is 0 Å². The molecule has 1 heterocycles. The Morgan fingerprint density at radius 1 is 1.42 bits per heavy atom. The number of ether oxygens (including phenoxy) is 1. The zero-order valence-corrected chi connectivity index (χ0v) is 7.34. The number of benzene rings is 1. The van der Waals surface area contributed by atoms with E-state index in [4.69, 9.17) is 4.74 Å².